The van der Waals surface area contributed by atoms with Crippen LogP contribution >= 0.6 is 11.3 Å². The zero-order valence-corrected chi connectivity index (χ0v) is 13.9. The lowest BCUT2D eigenvalue weighted by molar-refractivity contribution is 0.0984. The van der Waals surface area contributed by atoms with E-state index in [1.807, 2.05) is 58.8 Å². The number of carbonyl (C=O) groups excluding carboxylic acids is 1. The Bertz CT molecular complexity index is 876. The predicted molar refractivity (Wildman–Crippen MR) is 97.2 cm³/mol. The summed E-state index contributed by atoms with van der Waals surface area (Å²) in [6.07, 6.45) is 0.772. The second-order valence-corrected chi connectivity index (χ2v) is 6.58. The van der Waals surface area contributed by atoms with Crippen LogP contribution in [0.1, 0.15) is 28.4 Å². The van der Waals surface area contributed by atoms with E-state index in [9.17, 15) is 4.79 Å². The van der Waals surface area contributed by atoms with E-state index in [1.54, 1.807) is 16.8 Å². The molecule has 4 nitrogen and oxygen atoms in total. The van der Waals surface area contributed by atoms with Crippen LogP contribution in [-0.2, 0) is 0 Å². The van der Waals surface area contributed by atoms with Crippen LogP contribution in [0.15, 0.2) is 59.4 Å². The number of carbonyl (C=O) groups is 1. The molecule has 24 heavy (non-hydrogen) atoms. The average molecular weight is 335 g/mol. The Morgan fingerprint density at radius 2 is 2.08 bits per heavy atom. The van der Waals surface area contributed by atoms with E-state index in [0.29, 0.717) is 12.1 Å². The summed E-state index contributed by atoms with van der Waals surface area (Å²) < 4.78 is 0. The van der Waals surface area contributed by atoms with Gasteiger partial charge in [-0.3, -0.25) is 4.79 Å². The van der Waals surface area contributed by atoms with Gasteiger partial charge in [0.25, 0.3) is 5.91 Å². The molecule has 5 heteroatoms. The molecule has 2 heterocycles. The maximum absolute atomic E-state index is 13.1. The molecule has 0 saturated carbocycles. The summed E-state index contributed by atoms with van der Waals surface area (Å²) in [4.78, 5) is 19.2. The Morgan fingerprint density at radius 3 is 2.92 bits per heavy atom. The van der Waals surface area contributed by atoms with E-state index < -0.39 is 0 Å². The first kappa shape index (κ1) is 15.1. The molecule has 0 bridgehead atoms. The van der Waals surface area contributed by atoms with Gasteiger partial charge in [0.1, 0.15) is 0 Å². The first-order valence-corrected chi connectivity index (χ1v) is 8.83. The largest absolute Gasteiger partial charge is 0.324 e. The van der Waals surface area contributed by atoms with E-state index in [1.165, 1.54) is 0 Å². The number of anilines is 1. The van der Waals surface area contributed by atoms with E-state index in [-0.39, 0.29) is 11.9 Å². The van der Waals surface area contributed by atoms with Crippen molar-refractivity contribution in [3.8, 4) is 11.3 Å². The van der Waals surface area contributed by atoms with Crippen LogP contribution in [0.4, 0.5) is 5.69 Å². The van der Waals surface area contributed by atoms with Crippen molar-refractivity contribution < 1.29 is 4.79 Å². The first-order valence-electron chi connectivity index (χ1n) is 7.89. The lowest BCUT2D eigenvalue weighted by Gasteiger charge is -2.32. The lowest BCUT2D eigenvalue weighted by atomic mass is 9.96. The number of para-hydroxylation sites is 1. The quantitative estimate of drug-likeness (QED) is 0.773. The number of hydrogen-bond acceptors (Lipinski definition) is 4. The lowest BCUT2D eigenvalue weighted by Crippen LogP contribution is -2.38. The monoisotopic (exact) mass is 335 g/mol. The van der Waals surface area contributed by atoms with Crippen molar-refractivity contribution in [2.45, 2.75) is 12.5 Å². The fourth-order valence-electron chi connectivity index (χ4n) is 3.12. The Hall–Kier alpha value is -2.50. The van der Waals surface area contributed by atoms with Gasteiger partial charge in [0.05, 0.1) is 11.2 Å². The summed E-state index contributed by atoms with van der Waals surface area (Å²) in [7, 11) is 0. The molecule has 1 atom stereocenters. The van der Waals surface area contributed by atoms with Gasteiger partial charge in [0, 0.05) is 34.8 Å². The number of amides is 1. The standard InChI is InChI=1S/C19H17N3OS/c20-16-8-9-22(18-7-2-1-6-15(16)18)19(23)14-5-3-4-13(10-14)17-11-24-12-21-17/h1-7,10-12,16H,8-9,20H2. The minimum atomic E-state index is -0.00779. The molecule has 4 rings (SSSR count). The number of thiazole rings is 1. The molecular weight excluding hydrogens is 318 g/mol. The zero-order chi connectivity index (χ0) is 16.5. The van der Waals surface area contributed by atoms with Crippen LogP contribution in [0, 0.1) is 0 Å². The fraction of sp³-hybridized carbons (Fsp3) is 0.158. The van der Waals surface area contributed by atoms with Gasteiger partial charge in [-0.25, -0.2) is 4.98 Å². The Kier molecular flexibility index (Phi) is 3.88. The summed E-state index contributed by atoms with van der Waals surface area (Å²) >= 11 is 1.55. The van der Waals surface area contributed by atoms with E-state index in [4.69, 9.17) is 5.73 Å². The van der Waals surface area contributed by atoms with Crippen molar-refractivity contribution in [1.29, 1.82) is 0 Å². The molecule has 120 valence electrons. The number of aromatic nitrogens is 1. The highest BCUT2D eigenvalue weighted by atomic mass is 32.1. The zero-order valence-electron chi connectivity index (χ0n) is 13.1. The van der Waals surface area contributed by atoms with Crippen LogP contribution in [0.25, 0.3) is 11.3 Å². The van der Waals surface area contributed by atoms with E-state index in [2.05, 4.69) is 4.98 Å². The van der Waals surface area contributed by atoms with Gasteiger partial charge in [-0.2, -0.15) is 0 Å². The molecule has 1 aliphatic heterocycles. The molecule has 3 aromatic rings. The molecule has 0 radical (unpaired) electrons. The number of nitrogens with zero attached hydrogens (tertiary/aromatic N) is 2. The number of hydrogen-bond donors (Lipinski definition) is 1. The summed E-state index contributed by atoms with van der Waals surface area (Å²) in [5.41, 5.74) is 12.5. The third kappa shape index (κ3) is 2.62. The molecule has 0 spiro atoms. The molecule has 1 aliphatic rings. The molecule has 0 aliphatic carbocycles. The van der Waals surface area contributed by atoms with Crippen LogP contribution in [0.2, 0.25) is 0 Å². The smallest absolute Gasteiger partial charge is 0.258 e. The van der Waals surface area contributed by atoms with E-state index in [0.717, 1.165) is 28.9 Å². The van der Waals surface area contributed by atoms with Gasteiger partial charge in [0.2, 0.25) is 0 Å². The van der Waals surface area contributed by atoms with Crippen LogP contribution in [0.5, 0.6) is 0 Å². The number of nitrogens with two attached hydrogens (primary N) is 1. The molecule has 2 N–H and O–H groups in total. The third-order valence-corrected chi connectivity index (χ3v) is 4.96. The van der Waals surface area contributed by atoms with Crippen molar-refractivity contribution in [2.24, 2.45) is 5.73 Å². The molecule has 0 saturated heterocycles. The number of fused-ring (bicyclic) bond motifs is 1. The average Bonchev–Trinajstić information content (AvgIpc) is 3.17. The van der Waals surface area contributed by atoms with Crippen LogP contribution in [-0.4, -0.2) is 17.4 Å². The SMILES string of the molecule is NC1CCN(C(=O)c2cccc(-c3cscn3)c2)c2ccccc21. The summed E-state index contributed by atoms with van der Waals surface area (Å²) in [5.74, 6) is 0.00595. The minimum Gasteiger partial charge on any atom is -0.324 e. The third-order valence-electron chi connectivity index (χ3n) is 4.37. The van der Waals surface area contributed by atoms with Crippen molar-refractivity contribution in [3.05, 3.63) is 70.5 Å². The van der Waals surface area contributed by atoms with Gasteiger partial charge in [0.15, 0.2) is 0 Å². The highest BCUT2D eigenvalue weighted by Crippen LogP contribution is 2.33. The summed E-state index contributed by atoms with van der Waals surface area (Å²) in [6.45, 7) is 0.637. The molecule has 1 unspecified atom stereocenters. The molecule has 2 aromatic carbocycles. The van der Waals surface area contributed by atoms with Crippen LogP contribution in [0.3, 0.4) is 0 Å². The van der Waals surface area contributed by atoms with Gasteiger partial charge in [-0.05, 0) is 30.2 Å². The number of benzene rings is 2. The highest BCUT2D eigenvalue weighted by molar-refractivity contribution is 7.07. The maximum Gasteiger partial charge on any atom is 0.258 e. The van der Waals surface area contributed by atoms with Crippen molar-refractivity contribution >= 4 is 22.9 Å². The maximum atomic E-state index is 13.1. The molecule has 0 fully saturated rings. The fourth-order valence-corrected chi connectivity index (χ4v) is 3.69. The minimum absolute atomic E-state index is 0.00595. The molecule has 1 amide bonds. The predicted octanol–water partition coefficient (Wildman–Crippen LogP) is 3.86. The Balaban J connectivity index is 1.70. The number of rotatable bonds is 2. The molecular formula is C19H17N3OS. The highest BCUT2D eigenvalue weighted by Gasteiger charge is 2.27. The summed E-state index contributed by atoms with van der Waals surface area (Å²) in [6, 6.07) is 15.5. The van der Waals surface area contributed by atoms with Crippen molar-refractivity contribution in [1.82, 2.24) is 4.98 Å². The first-order chi connectivity index (χ1) is 11.7. The normalized spacial score (nSPS) is 16.7. The van der Waals surface area contributed by atoms with Gasteiger partial charge < -0.3 is 10.6 Å². The van der Waals surface area contributed by atoms with Gasteiger partial charge in [-0.1, -0.05) is 30.3 Å². The van der Waals surface area contributed by atoms with Crippen molar-refractivity contribution in [2.75, 3.05) is 11.4 Å². The van der Waals surface area contributed by atoms with Gasteiger partial charge >= 0.3 is 0 Å². The summed E-state index contributed by atoms with van der Waals surface area (Å²) in [5, 5.41) is 1.98. The van der Waals surface area contributed by atoms with Crippen LogP contribution < -0.4 is 10.6 Å². The van der Waals surface area contributed by atoms with Crippen molar-refractivity contribution in [3.63, 3.8) is 0 Å². The molecule has 1 aromatic heterocycles. The van der Waals surface area contributed by atoms with E-state index >= 15 is 0 Å². The van der Waals surface area contributed by atoms with Gasteiger partial charge in [-0.15, -0.1) is 11.3 Å². The Morgan fingerprint density at radius 1 is 1.21 bits per heavy atom. The Labute approximate surface area is 144 Å². The topological polar surface area (TPSA) is 59.2 Å². The second kappa shape index (κ2) is 6.19. The second-order valence-electron chi connectivity index (χ2n) is 5.87.